The number of nitrogens with zero attached hydrogens (tertiary/aromatic N) is 1. The zero-order valence-corrected chi connectivity index (χ0v) is 13.4. The Morgan fingerprint density at radius 1 is 1.11 bits per heavy atom. The monoisotopic (exact) mass is 278 g/mol. The van der Waals surface area contributed by atoms with E-state index in [-0.39, 0.29) is 5.75 Å². The summed E-state index contributed by atoms with van der Waals surface area (Å²) in [5.41, 5.74) is 0. The third-order valence-corrected chi connectivity index (χ3v) is 4.70. The largest absolute Gasteiger partial charge is 0.315 e. The molecule has 0 unspecified atom stereocenters. The first kappa shape index (κ1) is 17.9. The normalized spacial score (nSPS) is 12.9. The van der Waals surface area contributed by atoms with Crippen LogP contribution in [-0.2, 0) is 10.0 Å². The molecule has 0 aromatic heterocycles. The van der Waals surface area contributed by atoms with Gasteiger partial charge in [0.15, 0.2) is 0 Å². The molecule has 0 aliphatic rings. The van der Waals surface area contributed by atoms with E-state index < -0.39 is 10.0 Å². The quantitative estimate of drug-likeness (QED) is 0.622. The van der Waals surface area contributed by atoms with Gasteiger partial charge in [-0.2, -0.15) is 0 Å². The lowest BCUT2D eigenvalue weighted by Gasteiger charge is -2.22. The highest BCUT2D eigenvalue weighted by atomic mass is 32.2. The average Bonchev–Trinajstić information content (AvgIpc) is 2.24. The van der Waals surface area contributed by atoms with E-state index in [1.54, 1.807) is 4.31 Å². The molecule has 0 amide bonds. The molecule has 5 heteroatoms. The van der Waals surface area contributed by atoms with Crippen LogP contribution in [0.2, 0.25) is 0 Å². The van der Waals surface area contributed by atoms with Gasteiger partial charge in [0.1, 0.15) is 0 Å². The molecule has 4 nitrogen and oxygen atoms in total. The molecule has 0 aliphatic carbocycles. The Morgan fingerprint density at radius 2 is 1.72 bits per heavy atom. The first-order valence-corrected chi connectivity index (χ1v) is 8.61. The lowest BCUT2D eigenvalue weighted by atomic mass is 10.2. The highest BCUT2D eigenvalue weighted by molar-refractivity contribution is 7.89. The van der Waals surface area contributed by atoms with E-state index in [9.17, 15) is 8.42 Å². The molecule has 18 heavy (non-hydrogen) atoms. The van der Waals surface area contributed by atoms with Gasteiger partial charge in [-0.3, -0.25) is 0 Å². The summed E-state index contributed by atoms with van der Waals surface area (Å²) in [6.07, 6.45) is 1.65. The standard InChI is InChI=1S/C13H30N2O2S/c1-6-15(11-12(2)3)18(16,17)10-8-7-9-14-13(4)5/h12-14H,6-11H2,1-5H3. The van der Waals surface area contributed by atoms with Gasteiger partial charge in [0.25, 0.3) is 0 Å². The minimum atomic E-state index is -3.06. The van der Waals surface area contributed by atoms with Crippen molar-refractivity contribution >= 4 is 10.0 Å². The van der Waals surface area contributed by atoms with E-state index in [1.165, 1.54) is 0 Å². The molecule has 0 fully saturated rings. The fourth-order valence-electron chi connectivity index (χ4n) is 1.78. The maximum absolute atomic E-state index is 12.1. The van der Waals surface area contributed by atoms with E-state index >= 15 is 0 Å². The van der Waals surface area contributed by atoms with Crippen molar-refractivity contribution in [3.05, 3.63) is 0 Å². The highest BCUT2D eigenvalue weighted by Crippen LogP contribution is 2.08. The van der Waals surface area contributed by atoms with Crippen LogP contribution in [0.3, 0.4) is 0 Å². The summed E-state index contributed by atoms with van der Waals surface area (Å²) in [7, 11) is -3.06. The van der Waals surface area contributed by atoms with Gasteiger partial charge < -0.3 is 5.32 Å². The van der Waals surface area contributed by atoms with Crippen molar-refractivity contribution in [2.45, 2.75) is 53.5 Å². The topological polar surface area (TPSA) is 49.4 Å². The fourth-order valence-corrected chi connectivity index (χ4v) is 3.52. The molecule has 1 N–H and O–H groups in total. The van der Waals surface area contributed by atoms with Gasteiger partial charge in [0.2, 0.25) is 10.0 Å². The van der Waals surface area contributed by atoms with Gasteiger partial charge in [0.05, 0.1) is 5.75 Å². The second-order valence-electron chi connectivity index (χ2n) is 5.48. The van der Waals surface area contributed by atoms with Crippen molar-refractivity contribution in [2.75, 3.05) is 25.4 Å². The average molecular weight is 278 g/mol. The maximum atomic E-state index is 12.1. The summed E-state index contributed by atoms with van der Waals surface area (Å²) in [4.78, 5) is 0. The number of nitrogens with one attached hydrogen (secondary N) is 1. The van der Waals surface area contributed by atoms with Crippen LogP contribution in [0, 0.1) is 5.92 Å². The molecule has 0 spiro atoms. The minimum Gasteiger partial charge on any atom is -0.315 e. The Labute approximate surface area is 113 Å². The molecular weight excluding hydrogens is 248 g/mol. The molecule has 0 aromatic rings. The van der Waals surface area contributed by atoms with Gasteiger partial charge >= 0.3 is 0 Å². The summed E-state index contributed by atoms with van der Waals surface area (Å²) in [5.74, 6) is 0.648. The van der Waals surface area contributed by atoms with E-state index in [2.05, 4.69) is 19.2 Å². The van der Waals surface area contributed by atoms with Gasteiger partial charge in [-0.25, -0.2) is 12.7 Å². The second kappa shape index (κ2) is 8.88. The molecular formula is C13H30N2O2S. The summed E-state index contributed by atoms with van der Waals surface area (Å²) < 4.78 is 25.8. The zero-order valence-electron chi connectivity index (χ0n) is 12.6. The predicted molar refractivity (Wildman–Crippen MR) is 78.2 cm³/mol. The first-order chi connectivity index (χ1) is 8.29. The number of hydrogen-bond donors (Lipinski definition) is 1. The van der Waals surface area contributed by atoms with Crippen LogP contribution < -0.4 is 5.32 Å². The van der Waals surface area contributed by atoms with Crippen LogP contribution in [0.4, 0.5) is 0 Å². The van der Waals surface area contributed by atoms with Crippen molar-refractivity contribution in [2.24, 2.45) is 5.92 Å². The van der Waals surface area contributed by atoms with Crippen molar-refractivity contribution in [3.63, 3.8) is 0 Å². The van der Waals surface area contributed by atoms with E-state index in [0.29, 0.717) is 25.0 Å². The van der Waals surface area contributed by atoms with Crippen molar-refractivity contribution in [1.82, 2.24) is 9.62 Å². The molecule has 0 radical (unpaired) electrons. The Kier molecular flexibility index (Phi) is 8.82. The molecule has 0 aliphatic heterocycles. The third-order valence-electron chi connectivity index (χ3n) is 2.70. The summed E-state index contributed by atoms with van der Waals surface area (Å²) >= 11 is 0. The van der Waals surface area contributed by atoms with Crippen molar-refractivity contribution in [1.29, 1.82) is 0 Å². The molecule has 0 saturated heterocycles. The number of hydrogen-bond acceptors (Lipinski definition) is 3. The van der Waals surface area contributed by atoms with Gasteiger partial charge in [-0.15, -0.1) is 0 Å². The van der Waals surface area contributed by atoms with Crippen LogP contribution in [0.15, 0.2) is 0 Å². The lowest BCUT2D eigenvalue weighted by molar-refractivity contribution is 0.380. The minimum absolute atomic E-state index is 0.271. The number of rotatable bonds is 10. The van der Waals surface area contributed by atoms with Crippen molar-refractivity contribution < 1.29 is 8.42 Å². The van der Waals surface area contributed by atoms with Gasteiger partial charge in [-0.05, 0) is 25.3 Å². The smallest absolute Gasteiger partial charge is 0.214 e. The molecule has 0 heterocycles. The summed E-state index contributed by atoms with van der Waals surface area (Å²) in [5, 5.41) is 3.30. The van der Waals surface area contributed by atoms with E-state index in [4.69, 9.17) is 0 Å². The predicted octanol–water partition coefficient (Wildman–Crippen LogP) is 2.07. The van der Waals surface area contributed by atoms with Crippen LogP contribution in [0.5, 0.6) is 0 Å². The van der Waals surface area contributed by atoms with Crippen LogP contribution in [-0.4, -0.2) is 44.2 Å². The molecule has 0 atom stereocenters. The Morgan fingerprint density at radius 3 is 2.17 bits per heavy atom. The highest BCUT2D eigenvalue weighted by Gasteiger charge is 2.20. The fraction of sp³-hybridized carbons (Fsp3) is 1.00. The zero-order chi connectivity index (χ0) is 14.2. The lowest BCUT2D eigenvalue weighted by Crippen LogP contribution is -2.36. The molecule has 0 saturated carbocycles. The Bertz CT molecular complexity index is 300. The molecule has 0 bridgehead atoms. The van der Waals surface area contributed by atoms with Crippen LogP contribution in [0.25, 0.3) is 0 Å². The number of sulfonamides is 1. The number of unbranched alkanes of at least 4 members (excludes halogenated alkanes) is 1. The van der Waals surface area contributed by atoms with Crippen LogP contribution >= 0.6 is 0 Å². The van der Waals surface area contributed by atoms with Gasteiger partial charge in [0, 0.05) is 19.1 Å². The Hall–Kier alpha value is -0.130. The van der Waals surface area contributed by atoms with E-state index in [0.717, 1.165) is 19.4 Å². The maximum Gasteiger partial charge on any atom is 0.214 e. The first-order valence-electron chi connectivity index (χ1n) is 7.00. The summed E-state index contributed by atoms with van der Waals surface area (Å²) in [6, 6.07) is 0.467. The molecule has 110 valence electrons. The Balaban J connectivity index is 4.05. The molecule has 0 aromatic carbocycles. The van der Waals surface area contributed by atoms with Gasteiger partial charge in [-0.1, -0.05) is 34.6 Å². The third kappa shape index (κ3) is 8.06. The SMILES string of the molecule is CCN(CC(C)C)S(=O)(=O)CCCCNC(C)C. The summed E-state index contributed by atoms with van der Waals surface area (Å²) in [6.45, 7) is 12.3. The molecule has 0 rings (SSSR count). The van der Waals surface area contributed by atoms with Crippen LogP contribution in [0.1, 0.15) is 47.5 Å². The van der Waals surface area contributed by atoms with Crippen molar-refractivity contribution in [3.8, 4) is 0 Å². The second-order valence-corrected chi connectivity index (χ2v) is 7.56. The van der Waals surface area contributed by atoms with E-state index in [1.807, 2.05) is 20.8 Å².